The molecule has 0 saturated heterocycles. The number of allylic oxidation sites excluding steroid dienone is 2. The Morgan fingerprint density at radius 1 is 0.467 bits per heavy atom. The highest BCUT2D eigenvalue weighted by Crippen LogP contribution is 2.88. The first-order valence-corrected chi connectivity index (χ1v) is 6.90. The molecule has 2 saturated carbocycles. The van der Waals surface area contributed by atoms with Crippen LogP contribution in [0.1, 0.15) is 0 Å². The molecule has 2 atom stereocenters. The zero-order valence-electron chi connectivity index (χ0n) is 12.8. The quantitative estimate of drug-likeness (QED) is 0.290. The fourth-order valence-corrected chi connectivity index (χ4v) is 4.34. The van der Waals surface area contributed by atoms with Gasteiger partial charge in [-0.3, -0.25) is 0 Å². The van der Waals surface area contributed by atoms with Crippen molar-refractivity contribution in [2.24, 2.45) is 5.41 Å². The van der Waals surface area contributed by atoms with Gasteiger partial charge in [0.05, 0.1) is 11.1 Å². The van der Waals surface area contributed by atoms with Crippen molar-refractivity contribution in [3.05, 3.63) is 11.1 Å². The van der Waals surface area contributed by atoms with Crippen molar-refractivity contribution in [2.45, 2.75) is 53.3 Å². The van der Waals surface area contributed by atoms with Gasteiger partial charge in [0.2, 0.25) is 5.41 Å². The summed E-state index contributed by atoms with van der Waals surface area (Å²) in [5.74, 6) is -39.6. The highest BCUT2D eigenvalue weighted by atomic mass is 19.4. The third kappa shape index (κ3) is 1.49. The van der Waals surface area contributed by atoms with Crippen LogP contribution in [0.4, 0.5) is 79.0 Å². The summed E-state index contributed by atoms with van der Waals surface area (Å²) in [6, 6.07) is 0. The molecule has 174 valence electrons. The molecule has 0 aromatic rings. The third-order valence-corrected chi connectivity index (χ3v) is 5.50. The first-order chi connectivity index (χ1) is 12.7. The van der Waals surface area contributed by atoms with Crippen LogP contribution in [-0.2, 0) is 0 Å². The predicted molar refractivity (Wildman–Crippen MR) is 54.0 cm³/mol. The Morgan fingerprint density at radius 2 is 0.767 bits per heavy atom. The number of hydrogen-bond acceptors (Lipinski definition) is 0. The molecule has 0 amide bonds. The van der Waals surface area contributed by atoms with Gasteiger partial charge in [-0.1, -0.05) is 0 Å². The van der Waals surface area contributed by atoms with E-state index in [0.29, 0.717) is 0 Å². The van der Waals surface area contributed by atoms with Gasteiger partial charge in [-0.05, 0) is 0 Å². The molecular formula is C12F18. The van der Waals surface area contributed by atoms with Crippen LogP contribution < -0.4 is 0 Å². The Balaban J connectivity index is 2.86. The van der Waals surface area contributed by atoms with Gasteiger partial charge < -0.3 is 0 Å². The molecule has 0 spiro atoms. The lowest BCUT2D eigenvalue weighted by Crippen LogP contribution is -2.99. The predicted octanol–water partition coefficient (Wildman–Crippen LogP) is 6.03. The largest absolute Gasteiger partial charge is 0.414 e. The lowest BCUT2D eigenvalue weighted by molar-refractivity contribution is -0.535. The van der Waals surface area contributed by atoms with Crippen LogP contribution in [-0.4, -0.2) is 53.3 Å². The minimum atomic E-state index is -8.20. The highest BCUT2D eigenvalue weighted by molar-refractivity contribution is 5.62. The Hall–Kier alpha value is -1.52. The zero-order valence-corrected chi connectivity index (χ0v) is 12.8. The van der Waals surface area contributed by atoms with E-state index >= 15 is 0 Å². The molecule has 0 N–H and O–H groups in total. The Morgan fingerprint density at radius 3 is 1.00 bits per heavy atom. The summed E-state index contributed by atoms with van der Waals surface area (Å²) < 4.78 is 249. The maximum atomic E-state index is 14.4. The van der Waals surface area contributed by atoms with E-state index in [9.17, 15) is 79.0 Å². The van der Waals surface area contributed by atoms with Crippen LogP contribution in [0.15, 0.2) is 11.1 Å². The van der Waals surface area contributed by atoms with Crippen LogP contribution in [0.25, 0.3) is 0 Å². The number of halogens is 18. The summed E-state index contributed by atoms with van der Waals surface area (Å²) in [6.45, 7) is 0. The van der Waals surface area contributed by atoms with E-state index in [2.05, 4.69) is 0 Å². The van der Waals surface area contributed by atoms with E-state index in [-0.39, 0.29) is 0 Å². The van der Waals surface area contributed by atoms with Gasteiger partial charge in [0.15, 0.2) is 0 Å². The summed E-state index contributed by atoms with van der Waals surface area (Å²) in [4.78, 5) is 0. The van der Waals surface area contributed by atoms with Crippen LogP contribution in [0, 0.1) is 5.41 Å². The molecule has 0 heterocycles. The summed E-state index contributed by atoms with van der Waals surface area (Å²) in [7, 11) is 0. The monoisotopic (exact) mass is 486 g/mol. The van der Waals surface area contributed by atoms with Crippen LogP contribution in [0.5, 0.6) is 0 Å². The lowest BCUT2D eigenvalue weighted by atomic mass is 9.40. The molecule has 2 unspecified atom stereocenters. The van der Waals surface area contributed by atoms with Crippen molar-refractivity contribution >= 4 is 0 Å². The first-order valence-electron chi connectivity index (χ1n) is 6.90. The van der Waals surface area contributed by atoms with Crippen LogP contribution in [0.3, 0.4) is 0 Å². The van der Waals surface area contributed by atoms with Crippen molar-refractivity contribution in [3.8, 4) is 0 Å². The summed E-state index contributed by atoms with van der Waals surface area (Å²) in [5, 5.41) is 0. The standard InChI is InChI=1S/C12F18/c13-4(14)2-1(6(17,18)19)3(12(28,29)30)9(22,23)7(4,20)11(26,27)8(21,5(2,15)16)10(3,24)25. The van der Waals surface area contributed by atoms with Crippen molar-refractivity contribution in [3.63, 3.8) is 0 Å². The SMILES string of the molecule is FC(F)(F)C1=C2C(F)(F)C3(F)C(F)(F)C(F)(C2(F)F)C(F)(F)C1(C(F)(F)F)C3(F)F. The van der Waals surface area contributed by atoms with E-state index in [1.807, 2.05) is 0 Å². The molecule has 0 aromatic carbocycles. The van der Waals surface area contributed by atoms with E-state index in [1.165, 1.54) is 0 Å². The topological polar surface area (TPSA) is 0 Å². The van der Waals surface area contributed by atoms with E-state index in [0.717, 1.165) is 0 Å². The molecule has 0 radical (unpaired) electrons. The molecule has 0 aliphatic heterocycles. The summed E-state index contributed by atoms with van der Waals surface area (Å²) >= 11 is 0. The van der Waals surface area contributed by atoms with Crippen molar-refractivity contribution in [1.82, 2.24) is 0 Å². The minimum absolute atomic E-state index is 4.91. The molecule has 30 heavy (non-hydrogen) atoms. The molecule has 4 rings (SSSR count). The summed E-state index contributed by atoms with van der Waals surface area (Å²) in [5.41, 5.74) is -33.7. The third-order valence-electron chi connectivity index (χ3n) is 5.50. The van der Waals surface area contributed by atoms with Gasteiger partial charge in [-0.2, -0.15) is 52.7 Å². The Kier molecular flexibility index (Phi) is 3.58. The normalized spacial score (nSPS) is 42.6. The molecule has 4 bridgehead atoms. The van der Waals surface area contributed by atoms with Crippen molar-refractivity contribution in [2.75, 3.05) is 0 Å². The van der Waals surface area contributed by atoms with E-state index in [4.69, 9.17) is 0 Å². The zero-order chi connectivity index (χ0) is 24.2. The van der Waals surface area contributed by atoms with Gasteiger partial charge in [-0.15, -0.1) is 0 Å². The van der Waals surface area contributed by atoms with Gasteiger partial charge in [0.1, 0.15) is 0 Å². The highest BCUT2D eigenvalue weighted by Gasteiger charge is 3.16. The van der Waals surface area contributed by atoms with Crippen molar-refractivity contribution in [1.29, 1.82) is 0 Å². The second-order valence-corrected chi connectivity index (χ2v) is 6.68. The smallest absolute Gasteiger partial charge is 0.223 e. The maximum absolute atomic E-state index is 14.4. The van der Waals surface area contributed by atoms with E-state index < -0.39 is 69.9 Å². The molecule has 0 nitrogen and oxygen atoms in total. The maximum Gasteiger partial charge on any atom is 0.414 e. The molecule has 2 fully saturated rings. The van der Waals surface area contributed by atoms with Gasteiger partial charge >= 0.3 is 53.3 Å². The lowest BCUT2D eigenvalue weighted by Gasteiger charge is -2.70. The fourth-order valence-electron chi connectivity index (χ4n) is 4.34. The molecule has 0 aromatic heterocycles. The number of alkyl halides is 18. The molecule has 4 aliphatic carbocycles. The molecular weight excluding hydrogens is 486 g/mol. The van der Waals surface area contributed by atoms with Gasteiger partial charge in [-0.25, -0.2) is 26.3 Å². The molecule has 18 heteroatoms. The second kappa shape index (κ2) is 4.63. The number of rotatable bonds is 0. The molecule has 4 aliphatic rings. The second-order valence-electron chi connectivity index (χ2n) is 6.68. The average Bonchev–Trinajstić information content (AvgIpc) is 2.45. The van der Waals surface area contributed by atoms with Crippen LogP contribution in [0.2, 0.25) is 0 Å². The number of hydrogen-bond donors (Lipinski definition) is 0. The summed E-state index contributed by atoms with van der Waals surface area (Å²) in [6.07, 6.45) is -15.6. The first kappa shape index (κ1) is 23.1. The Labute approximate surface area is 150 Å². The minimum Gasteiger partial charge on any atom is -0.223 e. The van der Waals surface area contributed by atoms with Gasteiger partial charge in [0.25, 0.3) is 0 Å². The Bertz CT molecular complexity index is 807. The average molecular weight is 486 g/mol. The van der Waals surface area contributed by atoms with Crippen LogP contribution >= 0.6 is 0 Å². The fraction of sp³-hybridized carbons (Fsp3) is 0.833. The van der Waals surface area contributed by atoms with Crippen molar-refractivity contribution < 1.29 is 79.0 Å². The van der Waals surface area contributed by atoms with E-state index in [1.54, 1.807) is 0 Å². The van der Waals surface area contributed by atoms with Gasteiger partial charge in [0, 0.05) is 0 Å².